The average Bonchev–Trinajstić information content (AvgIpc) is 2.01. The molecule has 0 aromatic rings. The Hall–Kier alpha value is -0.860. The first kappa shape index (κ1) is 10.1. The van der Waals surface area contributed by atoms with Crippen molar-refractivity contribution in [2.45, 2.75) is 32.6 Å². The smallest absolute Gasteiger partial charge is 0.207 e. The summed E-state index contributed by atoms with van der Waals surface area (Å²) in [4.78, 5) is 20.6. The van der Waals surface area contributed by atoms with Crippen LogP contribution in [0.15, 0.2) is 0 Å². The summed E-state index contributed by atoms with van der Waals surface area (Å²) >= 11 is 0. The fourth-order valence-electron chi connectivity index (χ4n) is 0.816. The third kappa shape index (κ3) is 7.03. The van der Waals surface area contributed by atoms with Gasteiger partial charge in [-0.25, -0.2) is 0 Å². The minimum absolute atomic E-state index is 0.116. The number of rotatable bonds is 7. The van der Waals surface area contributed by atoms with Crippen molar-refractivity contribution < 1.29 is 9.59 Å². The van der Waals surface area contributed by atoms with Crippen LogP contribution in [0.1, 0.15) is 32.6 Å². The van der Waals surface area contributed by atoms with Crippen molar-refractivity contribution in [1.82, 2.24) is 5.32 Å². The van der Waals surface area contributed by atoms with Gasteiger partial charge in [-0.2, -0.15) is 0 Å². The van der Waals surface area contributed by atoms with E-state index in [1.54, 1.807) is 0 Å². The second-order valence-electron chi connectivity index (χ2n) is 2.49. The van der Waals surface area contributed by atoms with E-state index in [-0.39, 0.29) is 12.3 Å². The van der Waals surface area contributed by atoms with Gasteiger partial charge < -0.3 is 5.32 Å². The van der Waals surface area contributed by atoms with Crippen LogP contribution in [0.5, 0.6) is 0 Å². The van der Waals surface area contributed by atoms with Crippen molar-refractivity contribution in [1.29, 1.82) is 0 Å². The van der Waals surface area contributed by atoms with E-state index in [0.29, 0.717) is 12.8 Å². The van der Waals surface area contributed by atoms with Crippen LogP contribution in [0.25, 0.3) is 0 Å². The van der Waals surface area contributed by atoms with Crippen molar-refractivity contribution >= 4 is 12.2 Å². The number of unbranched alkanes of at least 4 members (excludes halogenated alkanes) is 2. The molecular weight excluding hydrogens is 142 g/mol. The van der Waals surface area contributed by atoms with Gasteiger partial charge in [0.1, 0.15) is 0 Å². The highest BCUT2D eigenvalue weighted by molar-refractivity contribution is 5.81. The Morgan fingerprint density at radius 2 is 2.18 bits per heavy atom. The number of carbonyl (C=O) groups excluding carboxylic acids is 2. The standard InChI is InChI=1S/C8H15NO2/c1-2-3-4-5-8(11)6-9-7-10/h7H,2-6H2,1H3,(H,9,10). The molecule has 0 rings (SSSR count). The zero-order valence-corrected chi connectivity index (χ0v) is 6.93. The second kappa shape index (κ2) is 7.25. The van der Waals surface area contributed by atoms with Gasteiger partial charge in [0, 0.05) is 6.42 Å². The van der Waals surface area contributed by atoms with Crippen LogP contribution in [0, 0.1) is 0 Å². The van der Waals surface area contributed by atoms with Crippen LogP contribution in [-0.2, 0) is 9.59 Å². The number of amides is 1. The number of nitrogens with one attached hydrogen (secondary N) is 1. The zero-order chi connectivity index (χ0) is 8.53. The summed E-state index contributed by atoms with van der Waals surface area (Å²) in [6.45, 7) is 2.28. The van der Waals surface area contributed by atoms with E-state index in [0.717, 1.165) is 19.3 Å². The fourth-order valence-corrected chi connectivity index (χ4v) is 0.816. The van der Waals surface area contributed by atoms with Crippen molar-refractivity contribution in [2.24, 2.45) is 0 Å². The lowest BCUT2D eigenvalue weighted by Crippen LogP contribution is -2.20. The van der Waals surface area contributed by atoms with Crippen molar-refractivity contribution in [3.8, 4) is 0 Å². The fraction of sp³-hybridized carbons (Fsp3) is 0.750. The Morgan fingerprint density at radius 1 is 1.45 bits per heavy atom. The minimum atomic E-state index is 0.116. The van der Waals surface area contributed by atoms with Gasteiger partial charge in [0.2, 0.25) is 6.41 Å². The maximum absolute atomic E-state index is 10.9. The lowest BCUT2D eigenvalue weighted by Gasteiger charge is -1.97. The summed E-state index contributed by atoms with van der Waals surface area (Å²) in [6.07, 6.45) is 4.30. The highest BCUT2D eigenvalue weighted by Gasteiger charge is 1.98. The maximum Gasteiger partial charge on any atom is 0.207 e. The first-order valence-electron chi connectivity index (χ1n) is 4.00. The summed E-state index contributed by atoms with van der Waals surface area (Å²) in [7, 11) is 0. The molecule has 0 saturated heterocycles. The zero-order valence-electron chi connectivity index (χ0n) is 6.93. The Labute approximate surface area is 67.2 Å². The van der Waals surface area contributed by atoms with E-state index in [1.165, 1.54) is 0 Å². The molecule has 3 heteroatoms. The van der Waals surface area contributed by atoms with Crippen LogP contribution >= 0.6 is 0 Å². The molecule has 0 unspecified atom stereocenters. The lowest BCUT2D eigenvalue weighted by molar-refractivity contribution is -0.120. The second-order valence-corrected chi connectivity index (χ2v) is 2.49. The molecule has 1 N–H and O–H groups in total. The van der Waals surface area contributed by atoms with E-state index in [4.69, 9.17) is 0 Å². The number of hydrogen-bond donors (Lipinski definition) is 1. The molecule has 3 nitrogen and oxygen atoms in total. The molecular formula is C8H15NO2. The molecule has 0 heterocycles. The molecule has 0 aliphatic heterocycles. The summed E-state index contributed by atoms with van der Waals surface area (Å²) in [6, 6.07) is 0. The predicted octanol–water partition coefficient (Wildman–Crippen LogP) is 0.882. The molecule has 0 aliphatic carbocycles. The molecule has 1 amide bonds. The summed E-state index contributed by atoms with van der Waals surface area (Å²) < 4.78 is 0. The van der Waals surface area contributed by atoms with Crippen molar-refractivity contribution in [3.63, 3.8) is 0 Å². The molecule has 0 aromatic heterocycles. The summed E-state index contributed by atoms with van der Waals surface area (Å²) in [5.74, 6) is 0.116. The molecule has 0 bridgehead atoms. The average molecular weight is 157 g/mol. The molecule has 0 aliphatic rings. The molecule has 0 fully saturated rings. The van der Waals surface area contributed by atoms with Gasteiger partial charge in [0.15, 0.2) is 5.78 Å². The van der Waals surface area contributed by atoms with Gasteiger partial charge in [0.25, 0.3) is 0 Å². The third-order valence-corrected chi connectivity index (χ3v) is 1.44. The molecule has 11 heavy (non-hydrogen) atoms. The Morgan fingerprint density at radius 3 is 2.73 bits per heavy atom. The number of hydrogen-bond acceptors (Lipinski definition) is 2. The molecule has 0 radical (unpaired) electrons. The monoisotopic (exact) mass is 157 g/mol. The van der Waals surface area contributed by atoms with E-state index < -0.39 is 0 Å². The van der Waals surface area contributed by atoms with Crippen LogP contribution in [-0.4, -0.2) is 18.7 Å². The van der Waals surface area contributed by atoms with Gasteiger partial charge in [-0.1, -0.05) is 19.8 Å². The first-order valence-corrected chi connectivity index (χ1v) is 4.00. The predicted molar refractivity (Wildman–Crippen MR) is 43.2 cm³/mol. The Balaban J connectivity index is 3.15. The van der Waals surface area contributed by atoms with Crippen molar-refractivity contribution in [2.75, 3.05) is 6.54 Å². The molecule has 0 spiro atoms. The SMILES string of the molecule is CCCCCC(=O)CNC=O. The molecule has 64 valence electrons. The van der Waals surface area contributed by atoms with Crippen LogP contribution in [0.3, 0.4) is 0 Å². The van der Waals surface area contributed by atoms with Gasteiger partial charge >= 0.3 is 0 Å². The molecule has 0 aromatic carbocycles. The van der Waals surface area contributed by atoms with E-state index in [1.807, 2.05) is 0 Å². The van der Waals surface area contributed by atoms with Crippen LogP contribution < -0.4 is 5.32 Å². The van der Waals surface area contributed by atoms with Gasteiger partial charge in [-0.15, -0.1) is 0 Å². The normalized spacial score (nSPS) is 9.18. The highest BCUT2D eigenvalue weighted by atomic mass is 16.1. The Bertz CT molecular complexity index is 123. The van der Waals surface area contributed by atoms with E-state index in [2.05, 4.69) is 12.2 Å². The van der Waals surface area contributed by atoms with Gasteiger partial charge in [-0.3, -0.25) is 9.59 Å². The quantitative estimate of drug-likeness (QED) is 0.440. The lowest BCUT2D eigenvalue weighted by atomic mass is 10.1. The highest BCUT2D eigenvalue weighted by Crippen LogP contribution is 1.98. The van der Waals surface area contributed by atoms with Gasteiger partial charge in [0.05, 0.1) is 6.54 Å². The molecule has 0 atom stereocenters. The maximum atomic E-state index is 10.9. The number of carbonyl (C=O) groups is 2. The Kier molecular flexibility index (Phi) is 6.68. The van der Waals surface area contributed by atoms with Crippen LogP contribution in [0.4, 0.5) is 0 Å². The van der Waals surface area contributed by atoms with Gasteiger partial charge in [-0.05, 0) is 6.42 Å². The van der Waals surface area contributed by atoms with Crippen LogP contribution in [0.2, 0.25) is 0 Å². The number of ketones is 1. The summed E-state index contributed by atoms with van der Waals surface area (Å²) in [5.41, 5.74) is 0. The first-order chi connectivity index (χ1) is 5.31. The van der Waals surface area contributed by atoms with E-state index >= 15 is 0 Å². The van der Waals surface area contributed by atoms with Crippen molar-refractivity contribution in [3.05, 3.63) is 0 Å². The topological polar surface area (TPSA) is 46.2 Å². The van der Waals surface area contributed by atoms with E-state index in [9.17, 15) is 9.59 Å². The third-order valence-electron chi connectivity index (χ3n) is 1.44. The summed E-state index contributed by atoms with van der Waals surface area (Å²) in [5, 5.41) is 2.34. The molecule has 0 saturated carbocycles. The largest absolute Gasteiger partial charge is 0.352 e. The minimum Gasteiger partial charge on any atom is -0.352 e. The number of Topliss-reactive ketones (excluding diaryl/α,β-unsaturated/α-hetero) is 1.